The average Bonchev–Trinajstić information content (AvgIpc) is 3.04. The summed E-state index contributed by atoms with van der Waals surface area (Å²) in [6, 6.07) is 24.3. The molecule has 0 spiro atoms. The van der Waals surface area contributed by atoms with Gasteiger partial charge in [0.25, 0.3) is 10.0 Å². The first kappa shape index (κ1) is 33.6. The van der Waals surface area contributed by atoms with E-state index >= 15 is 0 Å². The van der Waals surface area contributed by atoms with Crippen molar-refractivity contribution in [3.63, 3.8) is 0 Å². The SMILES string of the molecule is CC[C@H](C)NC(=O)[C@@H](Cc1ccccc1)N(Cc1ccccc1F)C(=O)CN(c1ccc(F)c(Cl)c1)S(=O)(=O)c1ccccc1. The Bertz CT molecular complexity index is 1730. The number of halogens is 3. The maximum Gasteiger partial charge on any atom is 0.264 e. The molecule has 0 unspecified atom stereocenters. The Morgan fingerprint density at radius 1 is 0.867 bits per heavy atom. The van der Waals surface area contributed by atoms with E-state index in [0.29, 0.717) is 6.42 Å². The van der Waals surface area contributed by atoms with Crippen molar-refractivity contribution >= 4 is 39.1 Å². The summed E-state index contributed by atoms with van der Waals surface area (Å²) < 4.78 is 57.9. The lowest BCUT2D eigenvalue weighted by Crippen LogP contribution is -2.54. The third kappa shape index (κ3) is 8.46. The van der Waals surface area contributed by atoms with Crippen molar-refractivity contribution in [2.45, 2.75) is 50.2 Å². The lowest BCUT2D eigenvalue weighted by molar-refractivity contribution is -0.140. The van der Waals surface area contributed by atoms with E-state index in [0.717, 1.165) is 22.0 Å². The second-order valence-electron chi connectivity index (χ2n) is 10.6. The molecule has 0 aliphatic carbocycles. The third-order valence-electron chi connectivity index (χ3n) is 7.37. The predicted octanol–water partition coefficient (Wildman–Crippen LogP) is 6.37. The molecule has 0 fully saturated rings. The van der Waals surface area contributed by atoms with Crippen LogP contribution < -0.4 is 9.62 Å². The molecule has 0 aromatic heterocycles. The smallest absolute Gasteiger partial charge is 0.264 e. The monoisotopic (exact) mass is 653 g/mol. The van der Waals surface area contributed by atoms with E-state index in [4.69, 9.17) is 11.6 Å². The molecule has 0 saturated carbocycles. The van der Waals surface area contributed by atoms with Crippen LogP contribution in [-0.4, -0.2) is 43.8 Å². The minimum atomic E-state index is -4.39. The molecule has 2 atom stereocenters. The molecule has 4 aromatic carbocycles. The summed E-state index contributed by atoms with van der Waals surface area (Å²) in [4.78, 5) is 29.3. The van der Waals surface area contributed by atoms with Gasteiger partial charge < -0.3 is 10.2 Å². The highest BCUT2D eigenvalue weighted by Crippen LogP contribution is 2.28. The Morgan fingerprint density at radius 2 is 1.49 bits per heavy atom. The van der Waals surface area contributed by atoms with E-state index in [-0.39, 0.29) is 40.2 Å². The molecule has 0 aliphatic heterocycles. The van der Waals surface area contributed by atoms with Crippen LogP contribution >= 0.6 is 11.6 Å². The molecule has 11 heteroatoms. The van der Waals surface area contributed by atoms with Crippen LogP contribution in [0.3, 0.4) is 0 Å². The molecule has 0 radical (unpaired) electrons. The first-order chi connectivity index (χ1) is 21.5. The third-order valence-corrected chi connectivity index (χ3v) is 9.45. The fraction of sp³-hybridized carbons (Fsp3) is 0.235. The topological polar surface area (TPSA) is 86.8 Å². The predicted molar refractivity (Wildman–Crippen MR) is 171 cm³/mol. The molecule has 45 heavy (non-hydrogen) atoms. The van der Waals surface area contributed by atoms with Crippen LogP contribution in [0.5, 0.6) is 0 Å². The first-order valence-corrected chi connectivity index (χ1v) is 16.2. The minimum absolute atomic E-state index is 0.0619. The standard InChI is InChI=1S/C34H34ClF2N3O4S/c1-3-24(2)38-34(42)32(20-25-12-6-4-7-13-25)39(22-26-14-10-11-17-30(26)36)33(41)23-40(27-18-19-31(37)29(35)21-27)45(43,44)28-15-8-5-9-16-28/h4-19,21,24,32H,3,20,22-23H2,1-2H3,(H,38,42)/t24-,32+/m0/s1. The molecule has 2 amide bonds. The molecule has 0 saturated heterocycles. The molecule has 0 heterocycles. The van der Waals surface area contributed by atoms with Crippen LogP contribution in [0, 0.1) is 11.6 Å². The summed E-state index contributed by atoms with van der Waals surface area (Å²) in [5, 5.41) is 2.58. The highest BCUT2D eigenvalue weighted by Gasteiger charge is 2.35. The Kier molecular flexibility index (Phi) is 11.3. The van der Waals surface area contributed by atoms with Gasteiger partial charge in [0.15, 0.2) is 0 Å². The second-order valence-corrected chi connectivity index (χ2v) is 12.8. The Hall–Kier alpha value is -4.28. The van der Waals surface area contributed by atoms with Gasteiger partial charge in [0.2, 0.25) is 11.8 Å². The summed E-state index contributed by atoms with van der Waals surface area (Å²) in [7, 11) is -4.39. The Balaban J connectivity index is 1.83. The molecule has 4 rings (SSSR count). The summed E-state index contributed by atoms with van der Waals surface area (Å²) >= 11 is 6.04. The quantitative estimate of drug-likeness (QED) is 0.182. The number of benzene rings is 4. The largest absolute Gasteiger partial charge is 0.352 e. The van der Waals surface area contributed by atoms with Crippen molar-refractivity contribution in [2.75, 3.05) is 10.8 Å². The van der Waals surface area contributed by atoms with Crippen LogP contribution in [0.2, 0.25) is 5.02 Å². The number of amides is 2. The van der Waals surface area contributed by atoms with Gasteiger partial charge >= 0.3 is 0 Å². The maximum absolute atomic E-state index is 15.0. The zero-order valence-corrected chi connectivity index (χ0v) is 26.4. The molecule has 236 valence electrons. The first-order valence-electron chi connectivity index (χ1n) is 14.4. The lowest BCUT2D eigenvalue weighted by Gasteiger charge is -2.34. The lowest BCUT2D eigenvalue weighted by atomic mass is 10.0. The van der Waals surface area contributed by atoms with Crippen LogP contribution in [0.15, 0.2) is 108 Å². The molecule has 0 bridgehead atoms. The number of nitrogens with zero attached hydrogens (tertiary/aromatic N) is 2. The van der Waals surface area contributed by atoms with Crippen LogP contribution in [0.25, 0.3) is 0 Å². The van der Waals surface area contributed by atoms with Gasteiger partial charge in [-0.1, -0.05) is 85.3 Å². The van der Waals surface area contributed by atoms with Gasteiger partial charge in [-0.25, -0.2) is 17.2 Å². The number of rotatable bonds is 13. The number of hydrogen-bond donors (Lipinski definition) is 1. The van der Waals surface area contributed by atoms with Gasteiger partial charge in [0.1, 0.15) is 24.2 Å². The molecule has 4 aromatic rings. The zero-order chi connectivity index (χ0) is 32.6. The van der Waals surface area contributed by atoms with Gasteiger partial charge in [0, 0.05) is 24.6 Å². The zero-order valence-electron chi connectivity index (χ0n) is 24.9. The number of carbonyl (C=O) groups excluding carboxylic acids is 2. The molecular formula is C34H34ClF2N3O4S. The molecule has 0 aliphatic rings. The summed E-state index contributed by atoms with van der Waals surface area (Å²) in [6.07, 6.45) is 0.705. The molecule has 7 nitrogen and oxygen atoms in total. The van der Waals surface area contributed by atoms with E-state index in [1.807, 2.05) is 32.0 Å². The number of sulfonamides is 1. The molecular weight excluding hydrogens is 620 g/mol. The highest BCUT2D eigenvalue weighted by atomic mass is 35.5. The number of carbonyl (C=O) groups is 2. The van der Waals surface area contributed by atoms with Gasteiger partial charge in [-0.3, -0.25) is 13.9 Å². The van der Waals surface area contributed by atoms with E-state index in [2.05, 4.69) is 5.32 Å². The van der Waals surface area contributed by atoms with Crippen molar-refractivity contribution in [1.82, 2.24) is 10.2 Å². The second kappa shape index (κ2) is 15.1. The maximum atomic E-state index is 15.0. The van der Waals surface area contributed by atoms with Crippen LogP contribution in [0.1, 0.15) is 31.4 Å². The fourth-order valence-corrected chi connectivity index (χ4v) is 6.30. The van der Waals surface area contributed by atoms with Crippen molar-refractivity contribution in [2.24, 2.45) is 0 Å². The van der Waals surface area contributed by atoms with E-state index < -0.39 is 46.1 Å². The van der Waals surface area contributed by atoms with E-state index in [9.17, 15) is 26.8 Å². The van der Waals surface area contributed by atoms with Crippen LogP contribution in [-0.2, 0) is 32.6 Å². The van der Waals surface area contributed by atoms with Crippen molar-refractivity contribution < 1.29 is 26.8 Å². The van der Waals surface area contributed by atoms with Gasteiger partial charge in [-0.2, -0.15) is 0 Å². The van der Waals surface area contributed by atoms with E-state index in [1.165, 1.54) is 53.4 Å². The number of nitrogens with one attached hydrogen (secondary N) is 1. The van der Waals surface area contributed by atoms with E-state index in [1.54, 1.807) is 24.3 Å². The Labute approximate surface area is 267 Å². The highest BCUT2D eigenvalue weighted by molar-refractivity contribution is 7.92. The fourth-order valence-electron chi connectivity index (χ4n) is 4.69. The summed E-state index contributed by atoms with van der Waals surface area (Å²) in [6.45, 7) is 2.63. The normalized spacial score (nSPS) is 12.6. The van der Waals surface area contributed by atoms with Crippen molar-refractivity contribution in [3.05, 3.63) is 131 Å². The summed E-state index contributed by atoms with van der Waals surface area (Å²) in [5.41, 5.74) is 0.822. The average molecular weight is 654 g/mol. The van der Waals surface area contributed by atoms with Gasteiger partial charge in [-0.05, 0) is 55.3 Å². The van der Waals surface area contributed by atoms with Crippen molar-refractivity contribution in [3.8, 4) is 0 Å². The number of hydrogen-bond acceptors (Lipinski definition) is 4. The molecule has 1 N–H and O–H groups in total. The van der Waals surface area contributed by atoms with Gasteiger partial charge in [0.05, 0.1) is 15.6 Å². The van der Waals surface area contributed by atoms with Crippen LogP contribution in [0.4, 0.5) is 14.5 Å². The number of anilines is 1. The van der Waals surface area contributed by atoms with Crippen molar-refractivity contribution in [1.29, 1.82) is 0 Å². The van der Waals surface area contributed by atoms with Gasteiger partial charge in [-0.15, -0.1) is 0 Å². The summed E-state index contributed by atoms with van der Waals surface area (Å²) in [5.74, 6) is -2.61. The Morgan fingerprint density at radius 3 is 2.11 bits per heavy atom. The minimum Gasteiger partial charge on any atom is -0.352 e.